The summed E-state index contributed by atoms with van der Waals surface area (Å²) in [6, 6.07) is 5.33. The van der Waals surface area contributed by atoms with E-state index in [0.29, 0.717) is 21.7 Å². The van der Waals surface area contributed by atoms with Gasteiger partial charge in [0, 0.05) is 17.7 Å². The van der Waals surface area contributed by atoms with E-state index in [1.807, 2.05) is 13.0 Å². The molecule has 106 valence electrons. The van der Waals surface area contributed by atoms with E-state index in [4.69, 9.17) is 28.9 Å². The smallest absolute Gasteiger partial charge is 0.139 e. The van der Waals surface area contributed by atoms with Crippen molar-refractivity contribution in [2.45, 2.75) is 26.7 Å². The van der Waals surface area contributed by atoms with Gasteiger partial charge in [-0.3, -0.25) is 0 Å². The molecule has 0 aliphatic carbocycles. The quantitative estimate of drug-likeness (QED) is 0.880. The minimum absolute atomic E-state index is 0.491. The molecule has 0 atom stereocenters. The largest absolute Gasteiger partial charge is 0.383 e. The van der Waals surface area contributed by atoms with Crippen LogP contribution >= 0.6 is 23.2 Å². The molecule has 20 heavy (non-hydrogen) atoms. The zero-order chi connectivity index (χ0) is 14.7. The molecule has 0 saturated heterocycles. The molecule has 0 spiro atoms. The third kappa shape index (κ3) is 3.32. The van der Waals surface area contributed by atoms with Crippen LogP contribution in [0.3, 0.4) is 0 Å². The highest BCUT2D eigenvalue weighted by atomic mass is 35.5. The summed E-state index contributed by atoms with van der Waals surface area (Å²) >= 11 is 11.9. The lowest BCUT2D eigenvalue weighted by atomic mass is 10.2. The molecule has 1 heterocycles. The van der Waals surface area contributed by atoms with Gasteiger partial charge in [0.25, 0.3) is 0 Å². The number of rotatable bonds is 4. The molecule has 0 radical (unpaired) electrons. The number of nitrogens with two attached hydrogens (primary N) is 1. The van der Waals surface area contributed by atoms with Crippen LogP contribution in [0.1, 0.15) is 24.7 Å². The Morgan fingerprint density at radius 2 is 1.95 bits per heavy atom. The third-order valence-corrected chi connectivity index (χ3v) is 3.62. The van der Waals surface area contributed by atoms with Gasteiger partial charge in [0.1, 0.15) is 17.5 Å². The fourth-order valence-electron chi connectivity index (χ4n) is 1.75. The fraction of sp³-hybridized carbons (Fsp3) is 0.286. The average molecular weight is 311 g/mol. The molecule has 0 amide bonds. The summed E-state index contributed by atoms with van der Waals surface area (Å²) in [5, 5.41) is 4.21. The van der Waals surface area contributed by atoms with Gasteiger partial charge in [0.05, 0.1) is 10.0 Å². The Labute approximate surface area is 128 Å². The van der Waals surface area contributed by atoms with E-state index in [1.54, 1.807) is 12.1 Å². The molecule has 4 nitrogen and oxygen atoms in total. The van der Waals surface area contributed by atoms with Crippen molar-refractivity contribution in [1.82, 2.24) is 9.97 Å². The zero-order valence-corrected chi connectivity index (χ0v) is 12.9. The van der Waals surface area contributed by atoms with E-state index in [-0.39, 0.29) is 0 Å². The third-order valence-electron chi connectivity index (χ3n) is 2.89. The minimum atomic E-state index is 0.491. The van der Waals surface area contributed by atoms with Gasteiger partial charge in [0.15, 0.2) is 0 Å². The number of aromatic nitrogens is 2. The first-order valence-corrected chi connectivity index (χ1v) is 7.12. The van der Waals surface area contributed by atoms with Gasteiger partial charge >= 0.3 is 0 Å². The van der Waals surface area contributed by atoms with Crippen LogP contribution in [-0.4, -0.2) is 9.97 Å². The number of nitrogens with one attached hydrogen (secondary N) is 1. The summed E-state index contributed by atoms with van der Waals surface area (Å²) in [6.07, 6.45) is 1.76. The van der Waals surface area contributed by atoms with Crippen LogP contribution in [0.25, 0.3) is 0 Å². The first kappa shape index (κ1) is 14.9. The van der Waals surface area contributed by atoms with Crippen LogP contribution in [0.4, 0.5) is 17.3 Å². The maximum Gasteiger partial charge on any atom is 0.139 e. The molecule has 0 aliphatic heterocycles. The molecule has 0 aliphatic rings. The maximum absolute atomic E-state index is 6.00. The molecular formula is C14H16Cl2N4. The first-order chi connectivity index (χ1) is 9.51. The lowest BCUT2D eigenvalue weighted by Crippen LogP contribution is -2.07. The number of nitrogens with zero attached hydrogens (tertiary/aromatic N) is 2. The second-order valence-electron chi connectivity index (χ2n) is 4.50. The van der Waals surface area contributed by atoms with Crippen LogP contribution in [0, 0.1) is 6.92 Å². The van der Waals surface area contributed by atoms with Crippen molar-refractivity contribution in [3.8, 4) is 0 Å². The van der Waals surface area contributed by atoms with Crippen molar-refractivity contribution < 1.29 is 0 Å². The predicted octanol–water partition coefficient (Wildman–Crippen LogP) is 4.37. The molecule has 1 aromatic heterocycles. The molecule has 6 heteroatoms. The molecule has 0 unspecified atom stereocenters. The van der Waals surface area contributed by atoms with Crippen molar-refractivity contribution >= 4 is 40.5 Å². The lowest BCUT2D eigenvalue weighted by Gasteiger charge is -2.12. The Morgan fingerprint density at radius 3 is 2.60 bits per heavy atom. The number of aryl methyl sites for hydroxylation is 1. The number of hydrogen-bond acceptors (Lipinski definition) is 4. The molecular weight excluding hydrogens is 295 g/mol. The van der Waals surface area contributed by atoms with Gasteiger partial charge in [-0.15, -0.1) is 0 Å². The summed E-state index contributed by atoms with van der Waals surface area (Å²) in [5.41, 5.74) is 7.55. The Hall–Kier alpha value is -1.52. The minimum Gasteiger partial charge on any atom is -0.383 e. The van der Waals surface area contributed by atoms with E-state index >= 15 is 0 Å². The van der Waals surface area contributed by atoms with Crippen LogP contribution < -0.4 is 11.1 Å². The van der Waals surface area contributed by atoms with Gasteiger partial charge < -0.3 is 11.1 Å². The first-order valence-electron chi connectivity index (χ1n) is 6.36. The normalized spacial score (nSPS) is 10.6. The zero-order valence-electron chi connectivity index (χ0n) is 11.4. The molecule has 3 N–H and O–H groups in total. The van der Waals surface area contributed by atoms with Gasteiger partial charge in [-0.05, 0) is 31.5 Å². The van der Waals surface area contributed by atoms with Crippen LogP contribution in [-0.2, 0) is 6.42 Å². The van der Waals surface area contributed by atoms with Crippen LogP contribution in [0.5, 0.6) is 0 Å². The average Bonchev–Trinajstić information content (AvgIpc) is 2.40. The highest BCUT2D eigenvalue weighted by Crippen LogP contribution is 2.28. The van der Waals surface area contributed by atoms with Crippen molar-refractivity contribution in [1.29, 1.82) is 0 Å². The summed E-state index contributed by atoms with van der Waals surface area (Å²) in [7, 11) is 0. The maximum atomic E-state index is 6.00. The number of benzene rings is 1. The highest BCUT2D eigenvalue weighted by molar-refractivity contribution is 6.42. The second kappa shape index (κ2) is 6.29. The summed E-state index contributed by atoms with van der Waals surface area (Å²) < 4.78 is 0. The predicted molar refractivity (Wildman–Crippen MR) is 84.9 cm³/mol. The van der Waals surface area contributed by atoms with E-state index in [1.165, 1.54) is 0 Å². The van der Waals surface area contributed by atoms with E-state index in [9.17, 15) is 0 Å². The highest BCUT2D eigenvalue weighted by Gasteiger charge is 2.09. The van der Waals surface area contributed by atoms with E-state index in [0.717, 1.165) is 29.9 Å². The van der Waals surface area contributed by atoms with Crippen molar-refractivity contribution in [2.75, 3.05) is 11.1 Å². The standard InChI is InChI=1S/C14H16Cl2N4/c1-3-4-12-19-13(17)8(2)14(20-12)18-9-5-6-10(15)11(16)7-9/h5-7H,3-4H2,1-2H3,(H3,17,18,19,20). The van der Waals surface area contributed by atoms with Crippen molar-refractivity contribution in [3.63, 3.8) is 0 Å². The summed E-state index contributed by atoms with van der Waals surface area (Å²) in [5.74, 6) is 1.92. The number of nitrogen functional groups attached to an aromatic ring is 1. The monoisotopic (exact) mass is 310 g/mol. The molecule has 2 aromatic rings. The second-order valence-corrected chi connectivity index (χ2v) is 5.32. The van der Waals surface area contributed by atoms with Crippen LogP contribution in [0.2, 0.25) is 10.0 Å². The van der Waals surface area contributed by atoms with Crippen molar-refractivity contribution in [2.24, 2.45) is 0 Å². The number of anilines is 3. The Bertz CT molecular complexity index is 629. The Kier molecular flexibility index (Phi) is 4.68. The Balaban J connectivity index is 2.34. The lowest BCUT2D eigenvalue weighted by molar-refractivity contribution is 0.836. The molecule has 0 saturated carbocycles. The topological polar surface area (TPSA) is 63.8 Å². The van der Waals surface area contributed by atoms with Gasteiger partial charge in [-0.2, -0.15) is 0 Å². The molecule has 0 fully saturated rings. The number of hydrogen-bond donors (Lipinski definition) is 2. The van der Waals surface area contributed by atoms with Gasteiger partial charge in [-0.25, -0.2) is 9.97 Å². The van der Waals surface area contributed by atoms with E-state index in [2.05, 4.69) is 22.2 Å². The molecule has 2 rings (SSSR count). The van der Waals surface area contributed by atoms with Crippen molar-refractivity contribution in [3.05, 3.63) is 39.6 Å². The SMILES string of the molecule is CCCc1nc(N)c(C)c(Nc2ccc(Cl)c(Cl)c2)n1. The van der Waals surface area contributed by atoms with Gasteiger partial charge in [0.2, 0.25) is 0 Å². The molecule has 0 bridgehead atoms. The molecule has 1 aromatic carbocycles. The Morgan fingerprint density at radius 1 is 1.20 bits per heavy atom. The summed E-state index contributed by atoms with van der Waals surface area (Å²) in [6.45, 7) is 3.95. The van der Waals surface area contributed by atoms with Gasteiger partial charge in [-0.1, -0.05) is 30.1 Å². The fourth-order valence-corrected chi connectivity index (χ4v) is 2.05. The summed E-state index contributed by atoms with van der Waals surface area (Å²) in [4.78, 5) is 8.77. The van der Waals surface area contributed by atoms with E-state index < -0.39 is 0 Å². The van der Waals surface area contributed by atoms with Crippen LogP contribution in [0.15, 0.2) is 18.2 Å². The number of halogens is 2.